The van der Waals surface area contributed by atoms with Gasteiger partial charge in [0.2, 0.25) is 0 Å². The van der Waals surface area contributed by atoms with Crippen molar-refractivity contribution in [3.63, 3.8) is 0 Å². The first-order valence-electron chi connectivity index (χ1n) is 6.50. The van der Waals surface area contributed by atoms with E-state index in [0.717, 1.165) is 38.7 Å². The second kappa shape index (κ2) is 5.80. The van der Waals surface area contributed by atoms with Gasteiger partial charge in [0.25, 0.3) is 0 Å². The summed E-state index contributed by atoms with van der Waals surface area (Å²) in [6, 6.07) is 4.39. The molecule has 0 bridgehead atoms. The lowest BCUT2D eigenvalue weighted by molar-refractivity contribution is 0.507. The minimum absolute atomic E-state index is 0.720. The molecule has 0 radical (unpaired) electrons. The molecule has 3 rings (SSSR count). The van der Waals surface area contributed by atoms with E-state index in [1.165, 1.54) is 16.9 Å². The number of thiophene rings is 2. The molecule has 1 atom stereocenters. The summed E-state index contributed by atoms with van der Waals surface area (Å²) in [5.41, 5.74) is 2.04. The molecule has 20 heavy (non-hydrogen) atoms. The van der Waals surface area contributed by atoms with Crippen LogP contribution in [0, 0.1) is 17.2 Å². The third-order valence-electron chi connectivity index (χ3n) is 3.50. The zero-order valence-corrected chi connectivity index (χ0v) is 14.2. The van der Waals surface area contributed by atoms with Gasteiger partial charge < -0.3 is 0 Å². The van der Waals surface area contributed by atoms with Gasteiger partial charge in [-0.2, -0.15) is 5.26 Å². The minimum Gasteiger partial charge on any atom is -0.243 e. The molecule has 0 saturated heterocycles. The monoisotopic (exact) mass is 364 g/mol. The average molecular weight is 365 g/mol. The molecule has 0 aromatic carbocycles. The highest BCUT2D eigenvalue weighted by Gasteiger charge is 2.23. The van der Waals surface area contributed by atoms with Gasteiger partial charge in [0, 0.05) is 25.8 Å². The predicted molar refractivity (Wildman–Crippen MR) is 89.5 cm³/mol. The topological polar surface area (TPSA) is 36.1 Å². The molecule has 0 unspecified atom stereocenters. The summed E-state index contributed by atoms with van der Waals surface area (Å²) in [5, 5.41) is 12.3. The average Bonchev–Trinajstić information content (AvgIpc) is 2.98. The van der Waals surface area contributed by atoms with Crippen LogP contribution in [0.2, 0.25) is 0 Å². The Bertz CT molecular complexity index is 706. The highest BCUT2D eigenvalue weighted by atomic mass is 79.9. The summed E-state index contributed by atoms with van der Waals surface area (Å²) in [7, 11) is 0. The lowest BCUT2D eigenvalue weighted by atomic mass is 9.89. The van der Waals surface area contributed by atoms with Gasteiger partial charge in [-0.3, -0.25) is 0 Å². The SMILES string of the molecule is C[C@@H]1CCc2c(sc(N=Cc3cc(Br)cs3)c2C#N)C1. The summed E-state index contributed by atoms with van der Waals surface area (Å²) < 4.78 is 1.07. The van der Waals surface area contributed by atoms with Crippen LogP contribution in [-0.4, -0.2) is 6.21 Å². The molecule has 0 aliphatic heterocycles. The smallest absolute Gasteiger partial charge is 0.134 e. The summed E-state index contributed by atoms with van der Waals surface area (Å²) in [5.74, 6) is 0.720. The standard InChI is InChI=1S/C15H13BrN2S2/c1-9-2-3-12-13(6-17)15(20-14(12)4-9)18-7-11-5-10(16)8-19-11/h5,7-9H,2-4H2,1H3/t9-/m1/s1. The minimum atomic E-state index is 0.720. The van der Waals surface area contributed by atoms with Crippen molar-refractivity contribution in [1.82, 2.24) is 0 Å². The van der Waals surface area contributed by atoms with Gasteiger partial charge in [-0.05, 0) is 52.7 Å². The van der Waals surface area contributed by atoms with E-state index in [2.05, 4.69) is 33.9 Å². The van der Waals surface area contributed by atoms with Crippen molar-refractivity contribution < 1.29 is 0 Å². The zero-order valence-electron chi connectivity index (χ0n) is 11.0. The normalized spacial score (nSPS) is 18.1. The van der Waals surface area contributed by atoms with Crippen molar-refractivity contribution in [3.05, 3.63) is 36.8 Å². The summed E-state index contributed by atoms with van der Waals surface area (Å²) >= 11 is 6.77. The van der Waals surface area contributed by atoms with Gasteiger partial charge in [0.15, 0.2) is 0 Å². The molecule has 2 nitrogen and oxygen atoms in total. The van der Waals surface area contributed by atoms with E-state index in [-0.39, 0.29) is 0 Å². The third kappa shape index (κ3) is 2.73. The fraction of sp³-hybridized carbons (Fsp3) is 0.333. The number of fused-ring (bicyclic) bond motifs is 1. The highest BCUT2D eigenvalue weighted by molar-refractivity contribution is 9.10. The van der Waals surface area contributed by atoms with Crippen LogP contribution in [0.3, 0.4) is 0 Å². The fourth-order valence-electron chi connectivity index (χ4n) is 2.46. The van der Waals surface area contributed by atoms with E-state index in [1.807, 2.05) is 17.7 Å². The van der Waals surface area contributed by atoms with Crippen LogP contribution >= 0.6 is 38.6 Å². The number of nitriles is 1. The highest BCUT2D eigenvalue weighted by Crippen LogP contribution is 2.40. The van der Waals surface area contributed by atoms with Gasteiger partial charge in [-0.1, -0.05) is 6.92 Å². The first-order chi connectivity index (χ1) is 9.67. The second-order valence-corrected chi connectivity index (χ2v) is 8.01. The molecule has 0 amide bonds. The maximum atomic E-state index is 9.41. The van der Waals surface area contributed by atoms with Crippen LogP contribution in [-0.2, 0) is 12.8 Å². The lowest BCUT2D eigenvalue weighted by Crippen LogP contribution is -2.09. The van der Waals surface area contributed by atoms with Crippen LogP contribution in [0.25, 0.3) is 0 Å². The van der Waals surface area contributed by atoms with Gasteiger partial charge in [-0.25, -0.2) is 4.99 Å². The van der Waals surface area contributed by atoms with Crippen LogP contribution in [0.1, 0.15) is 34.2 Å². The van der Waals surface area contributed by atoms with Gasteiger partial charge >= 0.3 is 0 Å². The van der Waals surface area contributed by atoms with Crippen molar-refractivity contribution in [2.45, 2.75) is 26.2 Å². The summed E-state index contributed by atoms with van der Waals surface area (Å²) in [6.45, 7) is 2.28. The van der Waals surface area contributed by atoms with Crippen LogP contribution in [0.5, 0.6) is 0 Å². The molecular weight excluding hydrogens is 352 g/mol. The molecular formula is C15H13BrN2S2. The van der Waals surface area contributed by atoms with E-state index in [0.29, 0.717) is 0 Å². The Morgan fingerprint density at radius 2 is 2.40 bits per heavy atom. The van der Waals surface area contributed by atoms with Crippen molar-refractivity contribution in [3.8, 4) is 6.07 Å². The molecule has 102 valence electrons. The molecule has 5 heteroatoms. The van der Waals surface area contributed by atoms with Crippen molar-refractivity contribution in [2.75, 3.05) is 0 Å². The van der Waals surface area contributed by atoms with Crippen LogP contribution in [0.4, 0.5) is 5.00 Å². The zero-order chi connectivity index (χ0) is 14.1. The number of aliphatic imine (C=N–C) groups is 1. The molecule has 0 spiro atoms. The van der Waals surface area contributed by atoms with Gasteiger partial charge in [0.05, 0.1) is 5.56 Å². The summed E-state index contributed by atoms with van der Waals surface area (Å²) in [6.07, 6.45) is 5.15. The Balaban J connectivity index is 1.94. The number of nitrogens with zero attached hydrogens (tertiary/aromatic N) is 2. The summed E-state index contributed by atoms with van der Waals surface area (Å²) in [4.78, 5) is 7.01. The first kappa shape index (κ1) is 14.0. The largest absolute Gasteiger partial charge is 0.243 e. The van der Waals surface area contributed by atoms with Crippen LogP contribution < -0.4 is 0 Å². The molecule has 0 saturated carbocycles. The maximum Gasteiger partial charge on any atom is 0.134 e. The number of rotatable bonds is 2. The van der Waals surface area contributed by atoms with Gasteiger partial charge in [0.1, 0.15) is 11.1 Å². The Hall–Kier alpha value is -0.960. The van der Waals surface area contributed by atoms with E-state index in [4.69, 9.17) is 0 Å². The molecule has 1 aliphatic carbocycles. The van der Waals surface area contributed by atoms with Gasteiger partial charge in [-0.15, -0.1) is 22.7 Å². The quantitative estimate of drug-likeness (QED) is 0.664. The molecule has 2 heterocycles. The first-order valence-corrected chi connectivity index (χ1v) is 8.99. The number of hydrogen-bond acceptors (Lipinski definition) is 4. The Labute approximate surface area is 134 Å². The number of halogens is 1. The molecule has 1 aliphatic rings. The number of hydrogen-bond donors (Lipinski definition) is 0. The van der Waals surface area contributed by atoms with Crippen molar-refractivity contribution in [2.24, 2.45) is 10.9 Å². The van der Waals surface area contributed by atoms with Crippen LogP contribution in [0.15, 0.2) is 20.9 Å². The van der Waals surface area contributed by atoms with E-state index in [1.54, 1.807) is 22.7 Å². The molecule has 2 aromatic rings. The second-order valence-electron chi connectivity index (χ2n) is 5.07. The Kier molecular flexibility index (Phi) is 4.06. The molecule has 0 fully saturated rings. The lowest BCUT2D eigenvalue weighted by Gasteiger charge is -2.17. The van der Waals surface area contributed by atoms with Crippen molar-refractivity contribution in [1.29, 1.82) is 5.26 Å². The predicted octanol–water partition coefficient (Wildman–Crippen LogP) is 5.32. The Morgan fingerprint density at radius 1 is 1.55 bits per heavy atom. The van der Waals surface area contributed by atoms with Crippen molar-refractivity contribution >= 4 is 49.8 Å². The molecule has 0 N–H and O–H groups in total. The Morgan fingerprint density at radius 3 is 3.10 bits per heavy atom. The fourth-order valence-corrected chi connectivity index (χ4v) is 5.07. The van der Waals surface area contributed by atoms with E-state index in [9.17, 15) is 5.26 Å². The third-order valence-corrected chi connectivity index (χ3v) is 6.29. The molecule has 2 aromatic heterocycles. The maximum absolute atomic E-state index is 9.41. The van der Waals surface area contributed by atoms with E-state index >= 15 is 0 Å². The van der Waals surface area contributed by atoms with E-state index < -0.39 is 0 Å².